The number of fused-ring (bicyclic) bond motifs is 3. The average molecular weight is 491 g/mol. The summed E-state index contributed by atoms with van der Waals surface area (Å²) in [6, 6.07) is 14.7. The molecule has 0 N–H and O–H groups in total. The van der Waals surface area contributed by atoms with Crippen LogP contribution in [0.5, 0.6) is 17.2 Å². The summed E-state index contributed by atoms with van der Waals surface area (Å²) in [5.41, 5.74) is 0.654. The molecule has 4 heterocycles. The highest BCUT2D eigenvalue weighted by molar-refractivity contribution is 5.83. The van der Waals surface area contributed by atoms with Gasteiger partial charge in [-0.3, -0.25) is 14.3 Å². The molecule has 0 spiro atoms. The Labute approximate surface area is 211 Å². The molecule has 3 aliphatic rings. The minimum atomic E-state index is -0.0848. The summed E-state index contributed by atoms with van der Waals surface area (Å²) in [4.78, 5) is 15.9. The maximum atomic E-state index is 13.3. The first kappa shape index (κ1) is 23.4. The molecule has 0 radical (unpaired) electrons. The summed E-state index contributed by atoms with van der Waals surface area (Å²) in [5, 5.41) is 1.49. The SMILES string of the molecule is COc1cc(-n2ccc3cc(OC[C@@H]4CCCO4)ccc3c2=O)ccc1OCCN1C2CCC1CC2. The molecule has 3 fully saturated rings. The third kappa shape index (κ3) is 4.58. The Kier molecular flexibility index (Phi) is 6.59. The lowest BCUT2D eigenvalue weighted by molar-refractivity contribution is 0.0680. The third-order valence-electron chi connectivity index (χ3n) is 7.97. The van der Waals surface area contributed by atoms with E-state index in [2.05, 4.69) is 4.90 Å². The zero-order chi connectivity index (χ0) is 24.5. The molecule has 36 heavy (non-hydrogen) atoms. The molecule has 2 aromatic carbocycles. The van der Waals surface area contributed by atoms with Gasteiger partial charge in [0, 0.05) is 42.9 Å². The molecular formula is C29H34N2O5. The minimum Gasteiger partial charge on any atom is -0.493 e. The van der Waals surface area contributed by atoms with Gasteiger partial charge in [-0.1, -0.05) is 0 Å². The van der Waals surface area contributed by atoms with Crippen molar-refractivity contribution < 1.29 is 18.9 Å². The normalized spacial score (nSPS) is 23.4. The lowest BCUT2D eigenvalue weighted by Gasteiger charge is -2.22. The van der Waals surface area contributed by atoms with Gasteiger partial charge in [0.2, 0.25) is 0 Å². The van der Waals surface area contributed by atoms with Crippen molar-refractivity contribution in [3.63, 3.8) is 0 Å². The Morgan fingerprint density at radius 2 is 1.78 bits per heavy atom. The topological polar surface area (TPSA) is 62.2 Å². The Hall–Kier alpha value is -3.03. The number of rotatable bonds is 9. The molecule has 0 amide bonds. The van der Waals surface area contributed by atoms with Crippen LogP contribution in [-0.2, 0) is 4.74 Å². The van der Waals surface area contributed by atoms with Crippen molar-refractivity contribution in [1.82, 2.24) is 9.47 Å². The number of hydrogen-bond acceptors (Lipinski definition) is 6. The van der Waals surface area contributed by atoms with Gasteiger partial charge in [0.25, 0.3) is 5.56 Å². The van der Waals surface area contributed by atoms with Gasteiger partial charge in [0.1, 0.15) is 19.0 Å². The molecule has 190 valence electrons. The summed E-state index contributed by atoms with van der Waals surface area (Å²) in [6.45, 7) is 2.93. The van der Waals surface area contributed by atoms with Crippen LogP contribution in [0.1, 0.15) is 38.5 Å². The molecule has 0 aliphatic carbocycles. The molecule has 3 aliphatic heterocycles. The number of pyridine rings is 1. The van der Waals surface area contributed by atoms with Crippen LogP contribution in [-0.4, -0.2) is 61.1 Å². The number of methoxy groups -OCH3 is 1. The van der Waals surface area contributed by atoms with E-state index in [1.165, 1.54) is 25.7 Å². The van der Waals surface area contributed by atoms with Crippen molar-refractivity contribution in [2.24, 2.45) is 0 Å². The van der Waals surface area contributed by atoms with Crippen molar-refractivity contribution in [3.05, 3.63) is 59.0 Å². The van der Waals surface area contributed by atoms with E-state index in [1.54, 1.807) is 17.9 Å². The predicted molar refractivity (Wildman–Crippen MR) is 139 cm³/mol. The van der Waals surface area contributed by atoms with Crippen LogP contribution in [0.4, 0.5) is 0 Å². The fraction of sp³-hybridized carbons (Fsp3) is 0.483. The van der Waals surface area contributed by atoms with Crippen molar-refractivity contribution in [1.29, 1.82) is 0 Å². The standard InChI is InChI=1S/C29H34N2O5/c1-33-28-18-23(8-11-27(28)35-16-14-30-21-4-5-22(30)7-6-21)31-13-12-20-17-24(9-10-26(20)29(31)32)36-19-25-3-2-15-34-25/h8-13,17-18,21-22,25H,2-7,14-16,19H2,1H3/t21?,22?,25-/m0/s1. The molecule has 2 bridgehead atoms. The van der Waals surface area contributed by atoms with Crippen molar-refractivity contribution >= 4 is 10.8 Å². The molecule has 0 unspecified atom stereocenters. The molecule has 7 nitrogen and oxygen atoms in total. The van der Waals surface area contributed by atoms with E-state index in [9.17, 15) is 4.79 Å². The van der Waals surface area contributed by atoms with Crippen LogP contribution in [0.2, 0.25) is 0 Å². The Bertz CT molecular complexity index is 1260. The first-order chi connectivity index (χ1) is 17.7. The van der Waals surface area contributed by atoms with Crippen LogP contribution < -0.4 is 19.8 Å². The Balaban J connectivity index is 1.16. The van der Waals surface area contributed by atoms with Gasteiger partial charge in [-0.05, 0) is 80.3 Å². The van der Waals surface area contributed by atoms with Crippen molar-refractivity contribution in [2.75, 3.05) is 33.5 Å². The summed E-state index contributed by atoms with van der Waals surface area (Å²) in [6.07, 6.45) is 9.38. The molecule has 7 heteroatoms. The van der Waals surface area contributed by atoms with E-state index in [0.717, 1.165) is 54.9 Å². The van der Waals surface area contributed by atoms with Gasteiger partial charge < -0.3 is 18.9 Å². The second-order valence-corrected chi connectivity index (χ2v) is 10.1. The van der Waals surface area contributed by atoms with E-state index < -0.39 is 0 Å². The number of aromatic nitrogens is 1. The fourth-order valence-electron chi connectivity index (χ4n) is 6.06. The summed E-state index contributed by atoms with van der Waals surface area (Å²) < 4.78 is 24.9. The quantitative estimate of drug-likeness (QED) is 0.438. The van der Waals surface area contributed by atoms with E-state index in [1.807, 2.05) is 42.5 Å². The third-order valence-corrected chi connectivity index (χ3v) is 7.97. The van der Waals surface area contributed by atoms with Crippen LogP contribution in [0, 0.1) is 0 Å². The lowest BCUT2D eigenvalue weighted by Crippen LogP contribution is -2.32. The van der Waals surface area contributed by atoms with Crippen LogP contribution in [0.15, 0.2) is 53.5 Å². The highest BCUT2D eigenvalue weighted by Gasteiger charge is 2.38. The Morgan fingerprint density at radius 1 is 0.944 bits per heavy atom. The molecule has 6 rings (SSSR count). The highest BCUT2D eigenvalue weighted by atomic mass is 16.5. The first-order valence-corrected chi connectivity index (χ1v) is 13.2. The maximum absolute atomic E-state index is 13.3. The van der Waals surface area contributed by atoms with Gasteiger partial charge >= 0.3 is 0 Å². The van der Waals surface area contributed by atoms with E-state index in [-0.39, 0.29) is 11.7 Å². The van der Waals surface area contributed by atoms with Crippen LogP contribution in [0.3, 0.4) is 0 Å². The van der Waals surface area contributed by atoms with Gasteiger partial charge in [-0.15, -0.1) is 0 Å². The van der Waals surface area contributed by atoms with Crippen LogP contribution in [0.25, 0.3) is 16.5 Å². The molecule has 1 aromatic heterocycles. The van der Waals surface area contributed by atoms with E-state index >= 15 is 0 Å². The fourth-order valence-corrected chi connectivity index (χ4v) is 6.06. The molecule has 1 atom stereocenters. The maximum Gasteiger partial charge on any atom is 0.262 e. The summed E-state index contributed by atoms with van der Waals surface area (Å²) >= 11 is 0. The second-order valence-electron chi connectivity index (χ2n) is 10.1. The average Bonchev–Trinajstić information content (AvgIpc) is 3.66. The molecule has 3 aromatic rings. The molecular weight excluding hydrogens is 456 g/mol. The van der Waals surface area contributed by atoms with Crippen molar-refractivity contribution in [3.8, 4) is 22.9 Å². The van der Waals surface area contributed by atoms with E-state index in [4.69, 9.17) is 18.9 Å². The largest absolute Gasteiger partial charge is 0.493 e. The van der Waals surface area contributed by atoms with E-state index in [0.29, 0.717) is 30.1 Å². The number of ether oxygens (including phenoxy) is 4. The highest BCUT2D eigenvalue weighted by Crippen LogP contribution is 2.37. The molecule has 3 saturated heterocycles. The zero-order valence-electron chi connectivity index (χ0n) is 20.9. The number of nitrogens with zero attached hydrogens (tertiary/aromatic N) is 2. The number of benzene rings is 2. The first-order valence-electron chi connectivity index (χ1n) is 13.2. The van der Waals surface area contributed by atoms with Gasteiger partial charge in [-0.25, -0.2) is 0 Å². The van der Waals surface area contributed by atoms with Gasteiger partial charge in [0.05, 0.1) is 18.9 Å². The number of hydrogen-bond donors (Lipinski definition) is 0. The van der Waals surface area contributed by atoms with Crippen molar-refractivity contribution in [2.45, 2.75) is 56.7 Å². The van der Waals surface area contributed by atoms with Gasteiger partial charge in [0.15, 0.2) is 11.5 Å². The monoisotopic (exact) mass is 490 g/mol. The minimum absolute atomic E-state index is 0.0848. The van der Waals surface area contributed by atoms with Crippen LogP contribution >= 0.6 is 0 Å². The summed E-state index contributed by atoms with van der Waals surface area (Å²) in [5.74, 6) is 2.08. The second kappa shape index (κ2) is 10.1. The summed E-state index contributed by atoms with van der Waals surface area (Å²) in [7, 11) is 1.63. The lowest BCUT2D eigenvalue weighted by atomic mass is 10.0. The smallest absolute Gasteiger partial charge is 0.262 e. The predicted octanol–water partition coefficient (Wildman–Crippen LogP) is 4.56. The van der Waals surface area contributed by atoms with Gasteiger partial charge in [-0.2, -0.15) is 0 Å². The zero-order valence-corrected chi connectivity index (χ0v) is 20.9. The molecule has 0 saturated carbocycles. The Morgan fingerprint density at radius 3 is 2.53 bits per heavy atom.